The molecule has 0 aliphatic carbocycles. The van der Waals surface area contributed by atoms with E-state index in [1.807, 2.05) is 38.1 Å². The first-order chi connectivity index (χ1) is 15.1. The summed E-state index contributed by atoms with van der Waals surface area (Å²) in [5, 5.41) is 10.6. The number of fused-ring (bicyclic) bond motifs is 2. The molecule has 0 atom stereocenters. The Hall–Kier alpha value is -3.85. The first-order valence-electron chi connectivity index (χ1n) is 10.3. The van der Waals surface area contributed by atoms with Crippen molar-refractivity contribution in [3.05, 3.63) is 64.2 Å². The molecule has 0 aromatic heterocycles. The van der Waals surface area contributed by atoms with Crippen molar-refractivity contribution in [3.63, 3.8) is 0 Å². The highest BCUT2D eigenvalue weighted by Crippen LogP contribution is 2.45. The van der Waals surface area contributed by atoms with Gasteiger partial charge in [-0.25, -0.2) is 9.59 Å². The molecule has 4 rings (SSSR count). The van der Waals surface area contributed by atoms with E-state index in [1.165, 1.54) is 0 Å². The molecular weight excluding hydrogens is 406 g/mol. The van der Waals surface area contributed by atoms with Crippen LogP contribution < -0.4 is 4.74 Å². The fourth-order valence-electron chi connectivity index (χ4n) is 3.83. The van der Waals surface area contributed by atoms with Gasteiger partial charge in [-0.05, 0) is 74.9 Å². The fraction of sp³-hybridized carbons (Fsp3) is 0.269. The monoisotopic (exact) mass is 429 g/mol. The minimum Gasteiger partial charge on any atom is -0.457 e. The van der Waals surface area contributed by atoms with Crippen molar-refractivity contribution in [1.29, 1.82) is 5.26 Å². The number of cyclic esters (lactones) is 1. The highest BCUT2D eigenvalue weighted by atomic mass is 16.7. The Balaban J connectivity index is 2.02. The van der Waals surface area contributed by atoms with Crippen LogP contribution in [0.2, 0.25) is 0 Å². The Morgan fingerprint density at radius 2 is 1.66 bits per heavy atom. The lowest BCUT2D eigenvalue weighted by Crippen LogP contribution is -2.26. The number of aryl methyl sites for hydroxylation is 2. The van der Waals surface area contributed by atoms with E-state index in [-0.39, 0.29) is 12.4 Å². The summed E-state index contributed by atoms with van der Waals surface area (Å²) < 4.78 is 16.4. The predicted molar refractivity (Wildman–Crippen MR) is 120 cm³/mol. The van der Waals surface area contributed by atoms with Crippen LogP contribution in [0.15, 0.2) is 36.4 Å². The molecule has 0 radical (unpaired) electrons. The number of benzene rings is 3. The van der Waals surface area contributed by atoms with Crippen LogP contribution in [0, 0.1) is 25.2 Å². The maximum Gasteiger partial charge on any atom is 0.514 e. The number of nitrogens with zero attached hydrogens (tertiary/aromatic N) is 1. The second kappa shape index (κ2) is 7.69. The van der Waals surface area contributed by atoms with Crippen molar-refractivity contribution >= 4 is 22.9 Å². The van der Waals surface area contributed by atoms with E-state index >= 15 is 0 Å². The van der Waals surface area contributed by atoms with E-state index in [9.17, 15) is 9.59 Å². The molecule has 0 spiro atoms. The summed E-state index contributed by atoms with van der Waals surface area (Å²) in [5.74, 6) is -0.205. The molecule has 1 heterocycles. The number of carbonyl (C=O) groups excluding carboxylic acids is 2. The van der Waals surface area contributed by atoms with E-state index in [2.05, 4.69) is 6.07 Å². The lowest BCUT2D eigenvalue weighted by Gasteiger charge is -2.21. The second-order valence-corrected chi connectivity index (χ2v) is 8.87. The number of carbonyl (C=O) groups is 2. The predicted octanol–water partition coefficient (Wildman–Crippen LogP) is 5.98. The van der Waals surface area contributed by atoms with Crippen LogP contribution in [0.4, 0.5) is 4.79 Å². The fourth-order valence-corrected chi connectivity index (χ4v) is 3.83. The first kappa shape index (κ1) is 21.4. The summed E-state index contributed by atoms with van der Waals surface area (Å²) in [6, 6.07) is 13.1. The third-order valence-electron chi connectivity index (χ3n) is 5.40. The van der Waals surface area contributed by atoms with Gasteiger partial charge < -0.3 is 14.2 Å². The Kier molecular flexibility index (Phi) is 5.14. The Morgan fingerprint density at radius 3 is 2.25 bits per heavy atom. The Morgan fingerprint density at radius 1 is 1.03 bits per heavy atom. The van der Waals surface area contributed by atoms with Gasteiger partial charge in [-0.2, -0.15) is 5.26 Å². The van der Waals surface area contributed by atoms with E-state index < -0.39 is 17.7 Å². The average molecular weight is 429 g/mol. The molecule has 0 N–H and O–H groups in total. The molecule has 0 unspecified atom stereocenters. The number of esters is 1. The van der Waals surface area contributed by atoms with Crippen LogP contribution in [0.5, 0.6) is 5.75 Å². The smallest absolute Gasteiger partial charge is 0.457 e. The SMILES string of the molecule is Cc1cc2c(OC(=O)OC(C)(C)C)c3c(c(-c4ccc(C#N)cc4)c2cc1C)C(=O)OC3. The van der Waals surface area contributed by atoms with Crippen LogP contribution in [-0.2, 0) is 16.1 Å². The number of rotatable bonds is 2. The van der Waals surface area contributed by atoms with Gasteiger partial charge in [0.15, 0.2) is 0 Å². The maximum atomic E-state index is 12.8. The summed E-state index contributed by atoms with van der Waals surface area (Å²) >= 11 is 0. The largest absolute Gasteiger partial charge is 0.514 e. The van der Waals surface area contributed by atoms with Gasteiger partial charge in [-0.15, -0.1) is 0 Å². The van der Waals surface area contributed by atoms with E-state index in [0.29, 0.717) is 27.6 Å². The maximum absolute atomic E-state index is 12.8. The zero-order chi connectivity index (χ0) is 23.2. The standard InChI is InChI=1S/C26H23NO5/c1-14-10-18-19(11-15(14)2)23(31-25(29)32-26(3,4)5)20-13-30-24(28)22(20)21(18)17-8-6-16(12-27)7-9-17/h6-11H,13H2,1-5H3. The van der Waals surface area contributed by atoms with E-state index in [1.54, 1.807) is 32.9 Å². The van der Waals surface area contributed by atoms with Gasteiger partial charge in [-0.1, -0.05) is 18.2 Å². The van der Waals surface area contributed by atoms with E-state index in [4.69, 9.17) is 19.5 Å². The van der Waals surface area contributed by atoms with Crippen molar-refractivity contribution in [2.45, 2.75) is 46.8 Å². The van der Waals surface area contributed by atoms with Crippen LogP contribution in [0.3, 0.4) is 0 Å². The molecule has 1 aliphatic heterocycles. The summed E-state index contributed by atoms with van der Waals surface area (Å²) in [6.07, 6.45) is -0.843. The first-order valence-corrected chi connectivity index (χ1v) is 10.3. The minimum absolute atomic E-state index is 0.00155. The van der Waals surface area contributed by atoms with Crippen LogP contribution in [0.1, 0.15) is 53.4 Å². The number of ether oxygens (including phenoxy) is 3. The quantitative estimate of drug-likeness (QED) is 0.368. The molecular formula is C26H23NO5. The zero-order valence-electron chi connectivity index (χ0n) is 18.7. The molecule has 0 fully saturated rings. The molecule has 0 saturated carbocycles. The van der Waals surface area contributed by atoms with Gasteiger partial charge in [0.1, 0.15) is 18.0 Å². The molecule has 1 aliphatic rings. The average Bonchev–Trinajstić information content (AvgIpc) is 3.10. The molecule has 162 valence electrons. The molecule has 6 nitrogen and oxygen atoms in total. The van der Waals surface area contributed by atoms with Crippen molar-refractivity contribution in [3.8, 4) is 22.9 Å². The van der Waals surface area contributed by atoms with Crippen molar-refractivity contribution in [1.82, 2.24) is 0 Å². The van der Waals surface area contributed by atoms with Crippen LogP contribution in [-0.4, -0.2) is 17.7 Å². The summed E-state index contributed by atoms with van der Waals surface area (Å²) in [5.41, 5.74) is 4.19. The van der Waals surface area contributed by atoms with Crippen LogP contribution >= 0.6 is 0 Å². The van der Waals surface area contributed by atoms with Crippen molar-refractivity contribution in [2.24, 2.45) is 0 Å². The molecule has 0 bridgehead atoms. The van der Waals surface area contributed by atoms with Crippen LogP contribution in [0.25, 0.3) is 21.9 Å². The lowest BCUT2D eigenvalue weighted by atomic mass is 9.88. The van der Waals surface area contributed by atoms with Gasteiger partial charge in [0.2, 0.25) is 0 Å². The van der Waals surface area contributed by atoms with Crippen molar-refractivity contribution < 1.29 is 23.8 Å². The summed E-state index contributed by atoms with van der Waals surface area (Å²) in [6.45, 7) is 9.22. The molecule has 3 aromatic carbocycles. The lowest BCUT2D eigenvalue weighted by molar-refractivity contribution is 0.0206. The van der Waals surface area contributed by atoms with E-state index in [0.717, 1.165) is 22.1 Å². The number of hydrogen-bond donors (Lipinski definition) is 0. The van der Waals surface area contributed by atoms with Gasteiger partial charge in [-0.3, -0.25) is 0 Å². The molecule has 0 saturated heterocycles. The third-order valence-corrected chi connectivity index (χ3v) is 5.40. The Bertz CT molecular complexity index is 1310. The molecule has 0 amide bonds. The van der Waals surface area contributed by atoms with Gasteiger partial charge in [0.25, 0.3) is 0 Å². The number of hydrogen-bond acceptors (Lipinski definition) is 6. The number of nitriles is 1. The van der Waals surface area contributed by atoms with Crippen molar-refractivity contribution in [2.75, 3.05) is 0 Å². The van der Waals surface area contributed by atoms with Gasteiger partial charge in [0.05, 0.1) is 17.2 Å². The zero-order valence-corrected chi connectivity index (χ0v) is 18.7. The normalized spacial score (nSPS) is 12.8. The Labute approximate surface area is 186 Å². The molecule has 3 aromatic rings. The third kappa shape index (κ3) is 3.78. The summed E-state index contributed by atoms with van der Waals surface area (Å²) in [4.78, 5) is 25.3. The molecule has 32 heavy (non-hydrogen) atoms. The highest BCUT2D eigenvalue weighted by molar-refractivity contribution is 6.13. The topological polar surface area (TPSA) is 85.6 Å². The summed E-state index contributed by atoms with van der Waals surface area (Å²) in [7, 11) is 0. The minimum atomic E-state index is -0.843. The second-order valence-electron chi connectivity index (χ2n) is 8.87. The molecule has 6 heteroatoms. The van der Waals surface area contributed by atoms with Gasteiger partial charge >= 0.3 is 12.1 Å². The van der Waals surface area contributed by atoms with Gasteiger partial charge in [0, 0.05) is 16.5 Å². The highest BCUT2D eigenvalue weighted by Gasteiger charge is 2.33.